The van der Waals surface area contributed by atoms with Gasteiger partial charge in [-0.15, -0.1) is 0 Å². The zero-order valence-corrected chi connectivity index (χ0v) is 18.2. The molecule has 146 valence electrons. The molecule has 0 amide bonds. The lowest BCUT2D eigenvalue weighted by Gasteiger charge is -2.23. The average Bonchev–Trinajstić information content (AvgIpc) is 2.59. The number of aryl methyl sites for hydroxylation is 1. The van der Waals surface area contributed by atoms with Gasteiger partial charge in [0.05, 0.1) is 5.02 Å². The molecule has 0 bridgehead atoms. The van der Waals surface area contributed by atoms with Crippen molar-refractivity contribution < 1.29 is 9.50 Å². The van der Waals surface area contributed by atoms with Crippen molar-refractivity contribution in [1.29, 1.82) is 0 Å². The maximum atomic E-state index is 13.4. The smallest absolute Gasteiger partial charge is 0.253 e. The quantitative estimate of drug-likeness (QED) is 0.515. The first kappa shape index (κ1) is 20.8. The Balaban J connectivity index is 2.05. The van der Waals surface area contributed by atoms with Crippen LogP contribution in [0.2, 0.25) is 5.02 Å². The molecule has 3 rings (SSSR count). The van der Waals surface area contributed by atoms with Gasteiger partial charge in [0, 0.05) is 10.5 Å². The van der Waals surface area contributed by atoms with Crippen LogP contribution in [-0.4, -0.2) is 10.1 Å². The Hall–Kier alpha value is -1.89. The summed E-state index contributed by atoms with van der Waals surface area (Å²) in [6.45, 7) is 8.28. The number of nitrogens with zero attached hydrogens (tertiary/aromatic N) is 1. The van der Waals surface area contributed by atoms with Gasteiger partial charge in [-0.05, 0) is 47.7 Å². The van der Waals surface area contributed by atoms with Crippen LogP contribution in [0.3, 0.4) is 0 Å². The van der Waals surface area contributed by atoms with E-state index in [4.69, 9.17) is 11.6 Å². The zero-order valence-electron chi connectivity index (χ0n) is 15.8. The fourth-order valence-corrected chi connectivity index (χ4v) is 5.01. The van der Waals surface area contributed by atoms with E-state index in [2.05, 4.69) is 25.8 Å². The Morgan fingerprint density at radius 3 is 2.50 bits per heavy atom. The van der Waals surface area contributed by atoms with Crippen molar-refractivity contribution in [1.82, 2.24) is 4.98 Å². The highest BCUT2D eigenvalue weighted by molar-refractivity contribution is 7.99. The molecule has 3 nitrogen and oxygen atoms in total. The molecule has 1 N–H and O–H groups in total. The van der Waals surface area contributed by atoms with Crippen LogP contribution in [-0.2, 0) is 5.41 Å². The van der Waals surface area contributed by atoms with Gasteiger partial charge in [-0.25, -0.2) is 9.37 Å². The standard InChI is InChI=1S/C21H19ClFNO2S2/c1-11-5-7-13(21(2,3)4)16(9-11)27-17-18(25)24-19(28-20(17)26)12-6-8-15(23)14(22)10-12/h5-10,25H,1-4H3. The van der Waals surface area contributed by atoms with E-state index in [9.17, 15) is 14.3 Å². The van der Waals surface area contributed by atoms with Gasteiger partial charge in [0.2, 0.25) is 5.88 Å². The second-order valence-electron chi connectivity index (χ2n) is 7.44. The van der Waals surface area contributed by atoms with Crippen LogP contribution in [0, 0.1) is 12.7 Å². The molecule has 1 aromatic heterocycles. The van der Waals surface area contributed by atoms with E-state index in [0.29, 0.717) is 5.56 Å². The normalized spacial score (nSPS) is 11.6. The van der Waals surface area contributed by atoms with E-state index in [-0.39, 0.29) is 31.0 Å². The Bertz CT molecular complexity index is 1110. The van der Waals surface area contributed by atoms with Gasteiger partial charge in [0.15, 0.2) is 0 Å². The predicted octanol–water partition coefficient (Wildman–Crippen LogP) is 6.43. The van der Waals surface area contributed by atoms with Crippen molar-refractivity contribution in [2.24, 2.45) is 0 Å². The number of benzene rings is 2. The minimum atomic E-state index is -0.552. The van der Waals surface area contributed by atoms with E-state index < -0.39 is 5.82 Å². The van der Waals surface area contributed by atoms with E-state index in [1.165, 1.54) is 30.0 Å². The van der Waals surface area contributed by atoms with Gasteiger partial charge in [0.25, 0.3) is 4.74 Å². The van der Waals surface area contributed by atoms with Gasteiger partial charge in [-0.2, -0.15) is 0 Å². The fraction of sp³-hybridized carbons (Fsp3) is 0.238. The monoisotopic (exact) mass is 435 g/mol. The van der Waals surface area contributed by atoms with Crippen LogP contribution in [0.1, 0.15) is 31.9 Å². The van der Waals surface area contributed by atoms with Crippen LogP contribution < -0.4 is 4.74 Å². The largest absolute Gasteiger partial charge is 0.492 e. The van der Waals surface area contributed by atoms with Crippen LogP contribution in [0.25, 0.3) is 10.6 Å². The van der Waals surface area contributed by atoms with Crippen LogP contribution in [0.5, 0.6) is 5.88 Å². The summed E-state index contributed by atoms with van der Waals surface area (Å²) in [7, 11) is 0. The first-order valence-electron chi connectivity index (χ1n) is 8.55. The van der Waals surface area contributed by atoms with Crippen molar-refractivity contribution >= 4 is 34.7 Å². The second kappa shape index (κ2) is 7.85. The lowest BCUT2D eigenvalue weighted by molar-refractivity contribution is 0.441. The number of rotatable bonds is 3. The minimum Gasteiger partial charge on any atom is -0.492 e. The molecule has 1 heterocycles. The third kappa shape index (κ3) is 4.40. The molecule has 0 fully saturated rings. The molecule has 0 saturated carbocycles. The summed E-state index contributed by atoms with van der Waals surface area (Å²) in [5, 5.41) is 10.7. The van der Waals surface area contributed by atoms with Gasteiger partial charge in [-0.1, -0.05) is 67.6 Å². The first-order valence-corrected chi connectivity index (χ1v) is 10.6. The second-order valence-corrected chi connectivity index (χ2v) is 9.86. The molecule has 0 saturated heterocycles. The molecule has 0 atom stereocenters. The molecule has 2 aromatic carbocycles. The Labute approximate surface area is 176 Å². The fourth-order valence-electron chi connectivity index (χ4n) is 2.68. The summed E-state index contributed by atoms with van der Waals surface area (Å²) in [6, 6.07) is 10.2. The summed E-state index contributed by atoms with van der Waals surface area (Å²) < 4.78 is 13.1. The van der Waals surface area contributed by atoms with E-state index in [1.807, 2.05) is 25.1 Å². The number of hydrogen-bond acceptors (Lipinski definition) is 5. The summed E-state index contributed by atoms with van der Waals surface area (Å²) in [6.07, 6.45) is 0. The summed E-state index contributed by atoms with van der Waals surface area (Å²) in [5.74, 6) is -0.895. The van der Waals surface area contributed by atoms with Crippen LogP contribution in [0.15, 0.2) is 51.0 Å². The van der Waals surface area contributed by atoms with Crippen molar-refractivity contribution in [3.8, 4) is 16.5 Å². The van der Waals surface area contributed by atoms with E-state index in [0.717, 1.165) is 27.4 Å². The third-order valence-corrected chi connectivity index (χ3v) is 6.57. The molecule has 0 aliphatic rings. The molecule has 0 aliphatic carbocycles. The SMILES string of the molecule is Cc1ccc(C(C)(C)C)c(Sc2c(O)nc(-c3ccc(F)c(Cl)c3)sc2=O)c1. The van der Waals surface area contributed by atoms with Crippen molar-refractivity contribution in [3.05, 3.63) is 67.9 Å². The van der Waals surface area contributed by atoms with Crippen molar-refractivity contribution in [2.75, 3.05) is 0 Å². The highest BCUT2D eigenvalue weighted by atomic mass is 35.5. The minimum absolute atomic E-state index is 0.0635. The molecule has 0 aliphatic heterocycles. The van der Waals surface area contributed by atoms with Crippen molar-refractivity contribution in [2.45, 2.75) is 42.9 Å². The lowest BCUT2D eigenvalue weighted by Crippen LogP contribution is -2.13. The first-order chi connectivity index (χ1) is 13.1. The van der Waals surface area contributed by atoms with Gasteiger partial charge >= 0.3 is 0 Å². The Morgan fingerprint density at radius 1 is 1.18 bits per heavy atom. The highest BCUT2D eigenvalue weighted by Crippen LogP contribution is 2.39. The Morgan fingerprint density at radius 2 is 1.89 bits per heavy atom. The summed E-state index contributed by atoms with van der Waals surface area (Å²) >= 11 is 7.93. The molecule has 7 heteroatoms. The third-order valence-electron chi connectivity index (χ3n) is 4.11. The van der Waals surface area contributed by atoms with Gasteiger partial charge in [-0.3, -0.25) is 4.79 Å². The molecule has 28 heavy (non-hydrogen) atoms. The molecule has 3 aromatic rings. The molecular formula is C21H19ClFNO2S2. The number of halogens is 2. The number of aromatic hydroxyl groups is 1. The van der Waals surface area contributed by atoms with Crippen LogP contribution in [0.4, 0.5) is 4.39 Å². The number of aromatic nitrogens is 1. The molecular weight excluding hydrogens is 417 g/mol. The topological polar surface area (TPSA) is 50.2 Å². The summed E-state index contributed by atoms with van der Waals surface area (Å²) in [5.41, 5.74) is 2.51. The summed E-state index contributed by atoms with van der Waals surface area (Å²) in [4.78, 5) is 18.0. The predicted molar refractivity (Wildman–Crippen MR) is 114 cm³/mol. The highest BCUT2D eigenvalue weighted by Gasteiger charge is 2.21. The van der Waals surface area contributed by atoms with E-state index >= 15 is 0 Å². The zero-order chi connectivity index (χ0) is 20.6. The molecule has 0 radical (unpaired) electrons. The molecule has 0 spiro atoms. The van der Waals surface area contributed by atoms with Crippen molar-refractivity contribution in [3.63, 3.8) is 0 Å². The lowest BCUT2D eigenvalue weighted by atomic mass is 9.86. The maximum absolute atomic E-state index is 13.4. The average molecular weight is 436 g/mol. The maximum Gasteiger partial charge on any atom is 0.253 e. The van der Waals surface area contributed by atoms with E-state index in [1.54, 1.807) is 0 Å². The van der Waals surface area contributed by atoms with Gasteiger partial charge < -0.3 is 5.11 Å². The number of hydrogen-bond donors (Lipinski definition) is 1. The van der Waals surface area contributed by atoms with Gasteiger partial charge in [0.1, 0.15) is 15.7 Å². The Kier molecular flexibility index (Phi) is 5.84. The molecule has 0 unspecified atom stereocenters. The van der Waals surface area contributed by atoms with Crippen LogP contribution >= 0.6 is 34.7 Å².